The number of hydrogen-bond donors (Lipinski definition) is 1. The van der Waals surface area contributed by atoms with Crippen molar-refractivity contribution in [3.05, 3.63) is 0 Å². The SMILES string of the molecule is CCN(CC)C(=O)CCC(C)O. The third-order valence-corrected chi connectivity index (χ3v) is 1.89. The minimum atomic E-state index is -0.371. The summed E-state index contributed by atoms with van der Waals surface area (Å²) in [5.74, 6) is 0.140. The van der Waals surface area contributed by atoms with Crippen LogP contribution in [0.25, 0.3) is 0 Å². The highest BCUT2D eigenvalue weighted by molar-refractivity contribution is 5.76. The van der Waals surface area contributed by atoms with Crippen molar-refractivity contribution < 1.29 is 9.90 Å². The molecule has 0 heterocycles. The topological polar surface area (TPSA) is 40.5 Å². The van der Waals surface area contributed by atoms with Gasteiger partial charge in [-0.2, -0.15) is 0 Å². The molecule has 0 bridgehead atoms. The lowest BCUT2D eigenvalue weighted by atomic mass is 10.2. The molecule has 0 aromatic carbocycles. The van der Waals surface area contributed by atoms with Gasteiger partial charge in [0.2, 0.25) is 5.91 Å². The second-order valence-electron chi connectivity index (χ2n) is 2.95. The third-order valence-electron chi connectivity index (χ3n) is 1.89. The Labute approximate surface area is 74.4 Å². The van der Waals surface area contributed by atoms with Gasteiger partial charge in [-0.15, -0.1) is 0 Å². The molecule has 0 aliphatic carbocycles. The van der Waals surface area contributed by atoms with Crippen molar-refractivity contribution in [3.63, 3.8) is 0 Å². The summed E-state index contributed by atoms with van der Waals surface area (Å²) in [6.45, 7) is 7.15. The summed E-state index contributed by atoms with van der Waals surface area (Å²) in [4.78, 5) is 13.1. The number of rotatable bonds is 5. The van der Waals surface area contributed by atoms with Crippen LogP contribution in [0.3, 0.4) is 0 Å². The van der Waals surface area contributed by atoms with Gasteiger partial charge in [0.05, 0.1) is 6.10 Å². The van der Waals surface area contributed by atoms with Crippen LogP contribution < -0.4 is 0 Å². The summed E-state index contributed by atoms with van der Waals surface area (Å²) in [6, 6.07) is 0. The van der Waals surface area contributed by atoms with E-state index < -0.39 is 0 Å². The quantitative estimate of drug-likeness (QED) is 0.674. The largest absolute Gasteiger partial charge is 0.393 e. The Hall–Kier alpha value is -0.570. The summed E-state index contributed by atoms with van der Waals surface area (Å²) < 4.78 is 0. The zero-order chi connectivity index (χ0) is 9.56. The molecular formula is C9H19NO2. The average Bonchev–Trinajstić information content (AvgIpc) is 2.03. The standard InChI is InChI=1S/C9H19NO2/c1-4-10(5-2)9(12)7-6-8(3)11/h8,11H,4-7H2,1-3H3. The van der Waals surface area contributed by atoms with E-state index in [4.69, 9.17) is 5.11 Å². The smallest absolute Gasteiger partial charge is 0.222 e. The molecule has 0 saturated heterocycles. The lowest BCUT2D eigenvalue weighted by molar-refractivity contribution is -0.131. The summed E-state index contributed by atoms with van der Waals surface area (Å²) >= 11 is 0. The molecule has 1 atom stereocenters. The van der Waals surface area contributed by atoms with Gasteiger partial charge in [0.15, 0.2) is 0 Å². The number of aliphatic hydroxyl groups excluding tert-OH is 1. The van der Waals surface area contributed by atoms with Crippen LogP contribution in [-0.2, 0) is 4.79 Å². The molecule has 0 saturated carbocycles. The molecule has 1 N–H and O–H groups in total. The van der Waals surface area contributed by atoms with Gasteiger partial charge < -0.3 is 10.0 Å². The van der Waals surface area contributed by atoms with E-state index in [2.05, 4.69) is 0 Å². The van der Waals surface area contributed by atoms with Crippen molar-refractivity contribution in [2.45, 2.75) is 39.7 Å². The van der Waals surface area contributed by atoms with Crippen LogP contribution in [-0.4, -0.2) is 35.1 Å². The first kappa shape index (κ1) is 11.4. The molecule has 3 heteroatoms. The molecule has 0 aromatic rings. The zero-order valence-corrected chi connectivity index (χ0v) is 8.21. The Kier molecular flexibility index (Phi) is 5.72. The molecular weight excluding hydrogens is 154 g/mol. The van der Waals surface area contributed by atoms with Gasteiger partial charge in [-0.05, 0) is 27.2 Å². The first-order valence-corrected chi connectivity index (χ1v) is 4.57. The second-order valence-corrected chi connectivity index (χ2v) is 2.95. The van der Waals surface area contributed by atoms with E-state index in [-0.39, 0.29) is 12.0 Å². The van der Waals surface area contributed by atoms with Gasteiger partial charge in [-0.1, -0.05) is 0 Å². The van der Waals surface area contributed by atoms with Gasteiger partial charge in [0, 0.05) is 19.5 Å². The Morgan fingerprint density at radius 3 is 2.25 bits per heavy atom. The molecule has 1 unspecified atom stereocenters. The number of carbonyl (C=O) groups is 1. The molecule has 3 nitrogen and oxygen atoms in total. The fourth-order valence-corrected chi connectivity index (χ4v) is 1.07. The molecule has 0 radical (unpaired) electrons. The van der Waals surface area contributed by atoms with E-state index in [1.54, 1.807) is 11.8 Å². The number of aliphatic hydroxyl groups is 1. The Morgan fingerprint density at radius 2 is 1.92 bits per heavy atom. The van der Waals surface area contributed by atoms with Crippen molar-refractivity contribution in [1.29, 1.82) is 0 Å². The molecule has 72 valence electrons. The lowest BCUT2D eigenvalue weighted by Gasteiger charge is -2.18. The number of carbonyl (C=O) groups excluding carboxylic acids is 1. The Morgan fingerprint density at radius 1 is 1.42 bits per heavy atom. The van der Waals surface area contributed by atoms with E-state index in [0.717, 1.165) is 13.1 Å². The zero-order valence-electron chi connectivity index (χ0n) is 8.21. The summed E-state index contributed by atoms with van der Waals surface area (Å²) in [5.41, 5.74) is 0. The first-order valence-electron chi connectivity index (χ1n) is 4.57. The minimum absolute atomic E-state index is 0.140. The Balaban J connectivity index is 3.69. The predicted octanol–water partition coefficient (Wildman–Crippen LogP) is 1.02. The van der Waals surface area contributed by atoms with Crippen molar-refractivity contribution in [3.8, 4) is 0 Å². The maximum absolute atomic E-state index is 11.3. The van der Waals surface area contributed by atoms with Gasteiger partial charge in [0.25, 0.3) is 0 Å². The van der Waals surface area contributed by atoms with Crippen molar-refractivity contribution in [2.24, 2.45) is 0 Å². The van der Waals surface area contributed by atoms with Gasteiger partial charge in [-0.25, -0.2) is 0 Å². The molecule has 0 aromatic heterocycles. The highest BCUT2D eigenvalue weighted by Gasteiger charge is 2.09. The van der Waals surface area contributed by atoms with Gasteiger partial charge in [-0.3, -0.25) is 4.79 Å². The van der Waals surface area contributed by atoms with E-state index in [9.17, 15) is 4.79 Å². The molecule has 0 fully saturated rings. The number of nitrogens with zero attached hydrogens (tertiary/aromatic N) is 1. The molecule has 12 heavy (non-hydrogen) atoms. The van der Waals surface area contributed by atoms with Gasteiger partial charge in [0.1, 0.15) is 0 Å². The van der Waals surface area contributed by atoms with Crippen molar-refractivity contribution in [1.82, 2.24) is 4.90 Å². The Bertz CT molecular complexity index is 130. The second kappa shape index (κ2) is 6.00. The summed E-state index contributed by atoms with van der Waals surface area (Å²) in [6.07, 6.45) is 0.652. The van der Waals surface area contributed by atoms with Crippen LogP contribution in [0.4, 0.5) is 0 Å². The van der Waals surface area contributed by atoms with Crippen LogP contribution in [0.2, 0.25) is 0 Å². The maximum atomic E-state index is 11.3. The normalized spacial score (nSPS) is 12.7. The van der Waals surface area contributed by atoms with Crippen LogP contribution in [0.15, 0.2) is 0 Å². The van der Waals surface area contributed by atoms with E-state index >= 15 is 0 Å². The van der Waals surface area contributed by atoms with E-state index in [1.165, 1.54) is 0 Å². The van der Waals surface area contributed by atoms with E-state index in [0.29, 0.717) is 12.8 Å². The summed E-state index contributed by atoms with van der Waals surface area (Å²) in [5, 5.41) is 8.96. The molecule has 0 aliphatic heterocycles. The molecule has 0 spiro atoms. The number of amides is 1. The fourth-order valence-electron chi connectivity index (χ4n) is 1.07. The molecule has 0 rings (SSSR count). The average molecular weight is 173 g/mol. The molecule has 0 aliphatic rings. The maximum Gasteiger partial charge on any atom is 0.222 e. The first-order chi connectivity index (χ1) is 5.61. The summed E-state index contributed by atoms with van der Waals surface area (Å²) in [7, 11) is 0. The van der Waals surface area contributed by atoms with Crippen molar-refractivity contribution >= 4 is 5.91 Å². The van der Waals surface area contributed by atoms with Crippen molar-refractivity contribution in [2.75, 3.05) is 13.1 Å². The highest BCUT2D eigenvalue weighted by atomic mass is 16.3. The van der Waals surface area contributed by atoms with Crippen LogP contribution in [0, 0.1) is 0 Å². The van der Waals surface area contributed by atoms with E-state index in [1.807, 2.05) is 13.8 Å². The van der Waals surface area contributed by atoms with Crippen LogP contribution >= 0.6 is 0 Å². The number of hydrogen-bond acceptors (Lipinski definition) is 2. The molecule has 1 amide bonds. The minimum Gasteiger partial charge on any atom is -0.393 e. The highest BCUT2D eigenvalue weighted by Crippen LogP contribution is 2.00. The monoisotopic (exact) mass is 173 g/mol. The fraction of sp³-hybridized carbons (Fsp3) is 0.889. The van der Waals surface area contributed by atoms with Gasteiger partial charge >= 0.3 is 0 Å². The predicted molar refractivity (Wildman–Crippen MR) is 48.8 cm³/mol. The van der Waals surface area contributed by atoms with Crippen LogP contribution in [0.1, 0.15) is 33.6 Å². The van der Waals surface area contributed by atoms with Crippen LogP contribution in [0.5, 0.6) is 0 Å². The lowest BCUT2D eigenvalue weighted by Crippen LogP contribution is -2.30. The third kappa shape index (κ3) is 4.34.